The molecular formula is C38H30F3N5O2S. The molecule has 0 atom stereocenters. The maximum absolute atomic E-state index is 15.1. The second kappa shape index (κ2) is 13.5. The van der Waals surface area contributed by atoms with Crippen LogP contribution in [-0.4, -0.2) is 26.5 Å². The number of hydrogen-bond acceptors (Lipinski definition) is 4. The van der Waals surface area contributed by atoms with Crippen LogP contribution in [0.1, 0.15) is 11.3 Å². The number of aromatic nitrogens is 4. The van der Waals surface area contributed by atoms with E-state index in [1.54, 1.807) is 60.7 Å². The van der Waals surface area contributed by atoms with Crippen LogP contribution in [0.3, 0.4) is 0 Å². The molecule has 0 saturated heterocycles. The van der Waals surface area contributed by atoms with E-state index < -0.39 is 15.8 Å². The summed E-state index contributed by atoms with van der Waals surface area (Å²) in [6, 6.07) is 30.8. The molecule has 0 fully saturated rings. The fourth-order valence-electron chi connectivity index (χ4n) is 5.98. The Bertz CT molecular complexity index is 2360. The Labute approximate surface area is 281 Å². The van der Waals surface area contributed by atoms with Gasteiger partial charge in [-0.05, 0) is 84.4 Å². The third kappa shape index (κ3) is 6.33. The number of halogens is 3. The van der Waals surface area contributed by atoms with Gasteiger partial charge in [-0.25, -0.2) is 25.6 Å². The lowest BCUT2D eigenvalue weighted by Crippen LogP contribution is -2.21. The van der Waals surface area contributed by atoms with Crippen molar-refractivity contribution in [1.82, 2.24) is 23.4 Å². The molecule has 0 radical (unpaired) electrons. The van der Waals surface area contributed by atoms with Crippen LogP contribution in [0.5, 0.6) is 0 Å². The molecule has 1 N–H and O–H groups in total. The summed E-state index contributed by atoms with van der Waals surface area (Å²) < 4.78 is 77.5. The van der Waals surface area contributed by atoms with E-state index in [9.17, 15) is 17.2 Å². The molecule has 0 bridgehead atoms. The van der Waals surface area contributed by atoms with Gasteiger partial charge in [0.05, 0.1) is 23.8 Å². The van der Waals surface area contributed by atoms with Crippen LogP contribution in [0.25, 0.3) is 33.8 Å². The molecule has 7 aromatic rings. The first-order valence-corrected chi connectivity index (χ1v) is 16.9. The lowest BCUT2D eigenvalue weighted by molar-refractivity contribution is 0.580. The van der Waals surface area contributed by atoms with E-state index in [0.29, 0.717) is 34.8 Å². The van der Waals surface area contributed by atoms with Crippen LogP contribution < -0.4 is 5.32 Å². The van der Waals surface area contributed by atoms with Crippen molar-refractivity contribution in [3.63, 3.8) is 0 Å². The predicted molar refractivity (Wildman–Crippen MR) is 182 cm³/mol. The molecule has 11 heteroatoms. The zero-order valence-corrected chi connectivity index (χ0v) is 26.9. The van der Waals surface area contributed by atoms with E-state index in [1.807, 2.05) is 39.7 Å². The summed E-state index contributed by atoms with van der Waals surface area (Å²) in [6.07, 6.45) is 6.46. The van der Waals surface area contributed by atoms with Crippen LogP contribution >= 0.6 is 0 Å². The molecule has 0 spiro atoms. The average Bonchev–Trinajstić information content (AvgIpc) is 3.85. The van der Waals surface area contributed by atoms with Gasteiger partial charge in [0, 0.05) is 60.3 Å². The largest absolute Gasteiger partial charge is 0.329 e. The quantitative estimate of drug-likeness (QED) is 0.151. The molecule has 49 heavy (non-hydrogen) atoms. The van der Waals surface area contributed by atoms with Crippen LogP contribution in [0, 0.1) is 17.5 Å². The Morgan fingerprint density at radius 3 is 1.90 bits per heavy atom. The summed E-state index contributed by atoms with van der Waals surface area (Å²) >= 11 is 0. The average molecular weight is 678 g/mol. The summed E-state index contributed by atoms with van der Waals surface area (Å²) in [5.74, 6) is -1.28. The molecule has 4 aromatic heterocycles. The fraction of sp³-hybridized carbons (Fsp3) is 0.0789. The lowest BCUT2D eigenvalue weighted by atomic mass is 10.1. The molecule has 246 valence electrons. The zero-order valence-electron chi connectivity index (χ0n) is 26.0. The second-order valence-corrected chi connectivity index (χ2v) is 13.2. The molecule has 0 unspecified atom stereocenters. The standard InChI is InChI=1S/C38H30F3N5O2S/c39-33-13-4-1-10-30(33)36-16-8-20-44(36)26-45-25-27(21-38(45)32-12-3-6-15-35(32)41)22-43-23-28-17-18-37(31-11-2-5-14-34(31)40)46(28)49(47,48)29-9-7-19-42-24-29/h1-21,24-25,43H,22-23,26H2. The maximum atomic E-state index is 15.1. The SMILES string of the molecule is O=S(=O)(c1cccnc1)n1c(CNCc2cc(-c3ccccc3F)n(Cn3cccc3-c3ccccc3F)c2)ccc1-c1ccccc1F. The van der Waals surface area contributed by atoms with E-state index in [2.05, 4.69) is 10.3 Å². The van der Waals surface area contributed by atoms with Gasteiger partial charge in [-0.15, -0.1) is 0 Å². The van der Waals surface area contributed by atoms with E-state index >= 15 is 4.39 Å². The normalized spacial score (nSPS) is 11.7. The molecule has 7 rings (SSSR count). The third-order valence-electron chi connectivity index (χ3n) is 8.26. The Morgan fingerprint density at radius 1 is 0.633 bits per heavy atom. The number of pyridine rings is 1. The maximum Gasteiger partial charge on any atom is 0.269 e. The number of nitrogens with zero attached hydrogens (tertiary/aromatic N) is 4. The Kier molecular flexibility index (Phi) is 8.77. The minimum Gasteiger partial charge on any atom is -0.329 e. The van der Waals surface area contributed by atoms with Crippen LogP contribution in [0.4, 0.5) is 13.2 Å². The first-order chi connectivity index (χ1) is 23.8. The van der Waals surface area contributed by atoms with Crippen molar-refractivity contribution in [2.45, 2.75) is 24.7 Å². The minimum atomic E-state index is -4.15. The van der Waals surface area contributed by atoms with Crippen molar-refractivity contribution in [3.8, 4) is 33.8 Å². The minimum absolute atomic E-state index is 0.0311. The number of hydrogen-bond donors (Lipinski definition) is 1. The Morgan fingerprint density at radius 2 is 1.27 bits per heavy atom. The molecular weight excluding hydrogens is 648 g/mol. The predicted octanol–water partition coefficient (Wildman–Crippen LogP) is 7.94. The van der Waals surface area contributed by atoms with Gasteiger partial charge in [0.2, 0.25) is 0 Å². The van der Waals surface area contributed by atoms with Crippen molar-refractivity contribution >= 4 is 10.0 Å². The van der Waals surface area contributed by atoms with E-state index in [1.165, 1.54) is 48.8 Å². The number of benzene rings is 3. The van der Waals surface area contributed by atoms with Gasteiger partial charge in [-0.3, -0.25) is 4.98 Å². The van der Waals surface area contributed by atoms with Crippen molar-refractivity contribution in [3.05, 3.63) is 169 Å². The molecule has 4 heterocycles. The van der Waals surface area contributed by atoms with E-state index in [0.717, 1.165) is 9.54 Å². The lowest BCUT2D eigenvalue weighted by Gasteiger charge is -2.15. The van der Waals surface area contributed by atoms with Gasteiger partial charge in [0.25, 0.3) is 10.0 Å². The molecule has 7 nitrogen and oxygen atoms in total. The van der Waals surface area contributed by atoms with Gasteiger partial charge < -0.3 is 14.5 Å². The van der Waals surface area contributed by atoms with Crippen molar-refractivity contribution < 1.29 is 21.6 Å². The van der Waals surface area contributed by atoms with Crippen molar-refractivity contribution in [2.75, 3.05) is 0 Å². The van der Waals surface area contributed by atoms with Crippen LogP contribution in [0.2, 0.25) is 0 Å². The Hall–Kier alpha value is -5.65. The summed E-state index contributed by atoms with van der Waals surface area (Å²) in [5.41, 5.74) is 3.67. The molecule has 3 aromatic carbocycles. The van der Waals surface area contributed by atoms with Gasteiger partial charge in [-0.2, -0.15) is 0 Å². The fourth-order valence-corrected chi connectivity index (χ4v) is 7.49. The molecule has 0 saturated carbocycles. The smallest absolute Gasteiger partial charge is 0.269 e. The topological polar surface area (TPSA) is 73.8 Å². The Balaban J connectivity index is 1.20. The highest BCUT2D eigenvalue weighted by Gasteiger charge is 2.25. The van der Waals surface area contributed by atoms with Gasteiger partial charge in [0.15, 0.2) is 0 Å². The molecule has 0 aliphatic rings. The zero-order chi connectivity index (χ0) is 34.0. The summed E-state index contributed by atoms with van der Waals surface area (Å²) in [5, 5.41) is 3.31. The highest BCUT2D eigenvalue weighted by Crippen LogP contribution is 2.31. The number of rotatable bonds is 11. The molecule has 0 aliphatic heterocycles. The monoisotopic (exact) mass is 677 g/mol. The summed E-state index contributed by atoms with van der Waals surface area (Å²) in [7, 11) is -4.15. The van der Waals surface area contributed by atoms with Crippen molar-refractivity contribution in [1.29, 1.82) is 0 Å². The van der Waals surface area contributed by atoms with Gasteiger partial charge in [0.1, 0.15) is 22.3 Å². The number of nitrogens with one attached hydrogen (secondary N) is 1. The first-order valence-electron chi connectivity index (χ1n) is 15.5. The summed E-state index contributed by atoms with van der Waals surface area (Å²) in [4.78, 5) is 3.94. The molecule has 0 aliphatic carbocycles. The summed E-state index contributed by atoms with van der Waals surface area (Å²) in [6.45, 7) is 0.690. The highest BCUT2D eigenvalue weighted by molar-refractivity contribution is 7.90. The van der Waals surface area contributed by atoms with E-state index in [4.69, 9.17) is 0 Å². The van der Waals surface area contributed by atoms with Crippen molar-refractivity contribution in [2.24, 2.45) is 0 Å². The third-order valence-corrected chi connectivity index (χ3v) is 10.0. The van der Waals surface area contributed by atoms with Gasteiger partial charge >= 0.3 is 0 Å². The molecule has 0 amide bonds. The van der Waals surface area contributed by atoms with E-state index in [-0.39, 0.29) is 41.0 Å². The van der Waals surface area contributed by atoms with Crippen LogP contribution in [-0.2, 0) is 29.8 Å². The highest BCUT2D eigenvalue weighted by atomic mass is 32.2. The second-order valence-electron chi connectivity index (χ2n) is 11.4. The van der Waals surface area contributed by atoms with Gasteiger partial charge in [-0.1, -0.05) is 36.4 Å². The first kappa shape index (κ1) is 31.9. The van der Waals surface area contributed by atoms with Crippen LogP contribution in [0.15, 0.2) is 145 Å².